The van der Waals surface area contributed by atoms with Gasteiger partial charge in [-0.3, -0.25) is 4.79 Å². The number of hydrogen-bond acceptors (Lipinski definition) is 6. The summed E-state index contributed by atoms with van der Waals surface area (Å²) in [5.74, 6) is 3.52. The summed E-state index contributed by atoms with van der Waals surface area (Å²) in [6.07, 6.45) is 5.14. The van der Waals surface area contributed by atoms with Gasteiger partial charge in [0, 0.05) is 13.1 Å². The van der Waals surface area contributed by atoms with Crippen molar-refractivity contribution in [1.82, 2.24) is 15.3 Å². The van der Waals surface area contributed by atoms with Crippen LogP contribution in [0, 0.1) is 12.3 Å². The number of nitrogens with one attached hydrogen (secondary N) is 2. The van der Waals surface area contributed by atoms with Crippen molar-refractivity contribution < 1.29 is 9.53 Å². The molecule has 24 heavy (non-hydrogen) atoms. The maximum absolute atomic E-state index is 11.8. The van der Waals surface area contributed by atoms with Crippen LogP contribution >= 0.6 is 0 Å². The van der Waals surface area contributed by atoms with Gasteiger partial charge in [-0.15, -0.1) is 6.42 Å². The number of fused-ring (bicyclic) bond motifs is 1. The second kappa shape index (κ2) is 7.62. The average Bonchev–Trinajstić information content (AvgIpc) is 2.64. The fraction of sp³-hybridized carbons (Fsp3) is 0.353. The maximum atomic E-state index is 11.8. The molecule has 0 bridgehead atoms. The lowest BCUT2D eigenvalue weighted by Crippen LogP contribution is -2.38. The third-order valence-corrected chi connectivity index (χ3v) is 3.67. The van der Waals surface area contributed by atoms with Gasteiger partial charge in [-0.05, 0) is 12.1 Å². The second-order valence-electron chi connectivity index (χ2n) is 5.32. The van der Waals surface area contributed by atoms with Gasteiger partial charge in [-0.1, -0.05) is 18.1 Å². The third kappa shape index (κ3) is 3.73. The van der Waals surface area contributed by atoms with E-state index in [9.17, 15) is 4.79 Å². The Labute approximate surface area is 140 Å². The molecule has 1 aromatic carbocycles. The fourth-order valence-electron chi connectivity index (χ4n) is 2.48. The van der Waals surface area contributed by atoms with Crippen molar-refractivity contribution in [3.05, 3.63) is 24.3 Å². The molecule has 0 radical (unpaired) electrons. The van der Waals surface area contributed by atoms with E-state index in [4.69, 9.17) is 16.1 Å². The SMILES string of the molecule is C#CCNC(=O)CNc1nc2ccccc2nc1N1CCOCC1. The summed E-state index contributed by atoms with van der Waals surface area (Å²) < 4.78 is 5.40. The number of anilines is 2. The Hall–Kier alpha value is -2.85. The lowest BCUT2D eigenvalue weighted by atomic mass is 10.3. The number of ether oxygens (including phenoxy) is 1. The van der Waals surface area contributed by atoms with Crippen LogP contribution in [0.1, 0.15) is 0 Å². The normalized spacial score (nSPS) is 14.2. The van der Waals surface area contributed by atoms with Crippen molar-refractivity contribution in [3.8, 4) is 12.3 Å². The predicted molar refractivity (Wildman–Crippen MR) is 92.9 cm³/mol. The smallest absolute Gasteiger partial charge is 0.240 e. The topological polar surface area (TPSA) is 79.4 Å². The van der Waals surface area contributed by atoms with Gasteiger partial charge in [0.25, 0.3) is 0 Å². The number of terminal acetylenes is 1. The molecule has 2 heterocycles. The minimum absolute atomic E-state index is 0.0893. The summed E-state index contributed by atoms with van der Waals surface area (Å²) in [7, 11) is 0. The zero-order valence-electron chi connectivity index (χ0n) is 13.3. The van der Waals surface area contributed by atoms with Gasteiger partial charge in [-0.2, -0.15) is 0 Å². The number of nitrogens with zero attached hydrogens (tertiary/aromatic N) is 3. The van der Waals surface area contributed by atoms with Gasteiger partial charge in [0.2, 0.25) is 5.91 Å². The average molecular weight is 325 g/mol. The quantitative estimate of drug-likeness (QED) is 0.785. The Morgan fingerprint density at radius 2 is 1.96 bits per heavy atom. The molecule has 1 saturated heterocycles. The predicted octanol–water partition coefficient (Wildman–Crippen LogP) is 0.628. The van der Waals surface area contributed by atoms with Gasteiger partial charge < -0.3 is 20.3 Å². The molecule has 0 spiro atoms. The number of rotatable bonds is 5. The molecular formula is C17H19N5O2. The molecule has 0 unspecified atom stereocenters. The first-order chi connectivity index (χ1) is 11.8. The summed E-state index contributed by atoms with van der Waals surface area (Å²) in [6, 6.07) is 7.67. The number of para-hydroxylation sites is 2. The van der Waals surface area contributed by atoms with Crippen molar-refractivity contribution >= 4 is 28.6 Å². The van der Waals surface area contributed by atoms with Gasteiger partial charge in [0.15, 0.2) is 11.6 Å². The highest BCUT2D eigenvalue weighted by Crippen LogP contribution is 2.25. The van der Waals surface area contributed by atoms with Crippen LogP contribution in [0.25, 0.3) is 11.0 Å². The number of hydrogen-bond donors (Lipinski definition) is 2. The monoisotopic (exact) mass is 325 g/mol. The molecule has 1 aliphatic rings. The van der Waals surface area contributed by atoms with E-state index in [1.165, 1.54) is 0 Å². The number of morpholine rings is 1. The highest BCUT2D eigenvalue weighted by atomic mass is 16.5. The first-order valence-corrected chi connectivity index (χ1v) is 7.81. The molecule has 2 N–H and O–H groups in total. The molecule has 2 aromatic rings. The Kier molecular flexibility index (Phi) is 5.08. The summed E-state index contributed by atoms with van der Waals surface area (Å²) in [5, 5.41) is 5.69. The Bertz CT molecular complexity index is 765. The second-order valence-corrected chi connectivity index (χ2v) is 5.32. The highest BCUT2D eigenvalue weighted by molar-refractivity contribution is 5.84. The first kappa shape index (κ1) is 16.0. The van der Waals surface area contributed by atoms with Crippen molar-refractivity contribution in [3.63, 3.8) is 0 Å². The van der Waals surface area contributed by atoms with Crippen LogP contribution in [0.2, 0.25) is 0 Å². The summed E-state index contributed by atoms with van der Waals surface area (Å²) >= 11 is 0. The molecule has 0 atom stereocenters. The van der Waals surface area contributed by atoms with Gasteiger partial charge in [-0.25, -0.2) is 9.97 Å². The zero-order valence-corrected chi connectivity index (χ0v) is 13.3. The minimum atomic E-state index is -0.184. The lowest BCUT2D eigenvalue weighted by molar-refractivity contribution is -0.119. The molecule has 0 aliphatic carbocycles. The van der Waals surface area contributed by atoms with Gasteiger partial charge in [0.05, 0.1) is 37.3 Å². The standard InChI is InChI=1S/C17H19N5O2/c1-2-7-18-15(23)12-19-16-17(22-8-10-24-11-9-22)21-14-6-4-3-5-13(14)20-16/h1,3-6H,7-12H2,(H,18,23)(H,19,20). The summed E-state index contributed by atoms with van der Waals surface area (Å²) in [6.45, 7) is 3.08. The van der Waals surface area contributed by atoms with Crippen LogP contribution in [0.15, 0.2) is 24.3 Å². The first-order valence-electron chi connectivity index (χ1n) is 7.81. The number of benzene rings is 1. The molecule has 1 aliphatic heterocycles. The van der Waals surface area contributed by atoms with Gasteiger partial charge >= 0.3 is 0 Å². The maximum Gasteiger partial charge on any atom is 0.240 e. The van der Waals surface area contributed by atoms with E-state index in [1.54, 1.807) is 0 Å². The van der Waals surface area contributed by atoms with E-state index in [-0.39, 0.29) is 19.0 Å². The van der Waals surface area contributed by atoms with Gasteiger partial charge in [0.1, 0.15) is 0 Å². The van der Waals surface area contributed by atoms with Crippen LogP contribution < -0.4 is 15.5 Å². The molecule has 1 amide bonds. The third-order valence-electron chi connectivity index (χ3n) is 3.67. The van der Waals surface area contributed by atoms with Crippen molar-refractivity contribution in [1.29, 1.82) is 0 Å². The van der Waals surface area contributed by atoms with Crippen molar-refractivity contribution in [2.24, 2.45) is 0 Å². The molecule has 124 valence electrons. The lowest BCUT2D eigenvalue weighted by Gasteiger charge is -2.29. The molecule has 7 nitrogen and oxygen atoms in total. The zero-order chi connectivity index (χ0) is 16.8. The Balaban J connectivity index is 1.85. The molecular weight excluding hydrogens is 306 g/mol. The fourth-order valence-corrected chi connectivity index (χ4v) is 2.48. The molecule has 3 rings (SSSR count). The van der Waals surface area contributed by atoms with Crippen LogP contribution in [-0.4, -0.2) is 55.3 Å². The molecule has 7 heteroatoms. The molecule has 1 aromatic heterocycles. The van der Waals surface area contributed by atoms with E-state index < -0.39 is 0 Å². The number of aromatic nitrogens is 2. The highest BCUT2D eigenvalue weighted by Gasteiger charge is 2.19. The van der Waals surface area contributed by atoms with E-state index in [1.807, 2.05) is 24.3 Å². The number of amides is 1. The summed E-state index contributed by atoms with van der Waals surface area (Å²) in [4.78, 5) is 23.2. The van der Waals surface area contributed by atoms with Crippen LogP contribution in [-0.2, 0) is 9.53 Å². The van der Waals surface area contributed by atoms with E-state index in [0.717, 1.165) is 29.9 Å². The Morgan fingerprint density at radius 3 is 2.67 bits per heavy atom. The largest absolute Gasteiger partial charge is 0.378 e. The molecule has 0 saturated carbocycles. The number of carbonyl (C=O) groups is 1. The van der Waals surface area contributed by atoms with Crippen molar-refractivity contribution in [2.75, 3.05) is 49.6 Å². The van der Waals surface area contributed by atoms with Crippen LogP contribution in [0.3, 0.4) is 0 Å². The van der Waals surface area contributed by atoms with Crippen LogP contribution in [0.4, 0.5) is 11.6 Å². The number of carbonyl (C=O) groups excluding carboxylic acids is 1. The van der Waals surface area contributed by atoms with Crippen LogP contribution in [0.5, 0.6) is 0 Å². The molecule has 1 fully saturated rings. The summed E-state index contributed by atoms with van der Waals surface area (Å²) in [5.41, 5.74) is 1.60. The Morgan fingerprint density at radius 1 is 1.25 bits per heavy atom. The van der Waals surface area contributed by atoms with Crippen molar-refractivity contribution in [2.45, 2.75) is 0 Å². The van der Waals surface area contributed by atoms with E-state index >= 15 is 0 Å². The van der Waals surface area contributed by atoms with E-state index in [0.29, 0.717) is 19.0 Å². The van der Waals surface area contributed by atoms with E-state index in [2.05, 4.69) is 26.4 Å². The minimum Gasteiger partial charge on any atom is -0.378 e.